The van der Waals surface area contributed by atoms with Crippen molar-refractivity contribution < 1.29 is 18.7 Å². The van der Waals surface area contributed by atoms with Crippen LogP contribution < -0.4 is 10.1 Å². The van der Waals surface area contributed by atoms with E-state index in [0.717, 1.165) is 22.0 Å². The van der Waals surface area contributed by atoms with Gasteiger partial charge in [-0.25, -0.2) is 19.2 Å². The molecule has 7 nitrogen and oxygen atoms in total. The zero-order valence-corrected chi connectivity index (χ0v) is 18.4. The number of hydrogen-bond donors (Lipinski definition) is 1. The normalized spacial score (nSPS) is 12.8. The number of fused-ring (bicyclic) bond motifs is 2. The van der Waals surface area contributed by atoms with E-state index in [1.807, 2.05) is 36.4 Å². The molecule has 0 saturated heterocycles. The molecule has 8 heteroatoms. The quantitative estimate of drug-likeness (QED) is 0.475. The van der Waals surface area contributed by atoms with Crippen LogP contribution in [0.4, 0.5) is 15.1 Å². The molecular formula is C26H21FN4O3. The van der Waals surface area contributed by atoms with Crippen LogP contribution in [0.1, 0.15) is 27.2 Å². The van der Waals surface area contributed by atoms with Gasteiger partial charge in [0.15, 0.2) is 0 Å². The van der Waals surface area contributed by atoms with E-state index in [9.17, 15) is 14.0 Å². The van der Waals surface area contributed by atoms with Gasteiger partial charge in [-0.15, -0.1) is 0 Å². The molecule has 0 atom stereocenters. The molecule has 5 rings (SSSR count). The monoisotopic (exact) mass is 456 g/mol. The smallest absolute Gasteiger partial charge is 0.409 e. The number of carbonyl (C=O) groups is 2. The third-order valence-corrected chi connectivity index (χ3v) is 5.81. The van der Waals surface area contributed by atoms with Crippen molar-refractivity contribution in [1.82, 2.24) is 14.9 Å². The second-order valence-corrected chi connectivity index (χ2v) is 8.10. The molecule has 4 aromatic rings. The Labute approximate surface area is 195 Å². The number of hydrogen-bond acceptors (Lipinski definition) is 5. The molecule has 1 aliphatic rings. The van der Waals surface area contributed by atoms with E-state index >= 15 is 0 Å². The number of nitrogens with zero attached hydrogens (tertiary/aromatic N) is 3. The van der Waals surface area contributed by atoms with E-state index in [0.29, 0.717) is 36.4 Å². The average molecular weight is 456 g/mol. The molecule has 0 unspecified atom stereocenters. The summed E-state index contributed by atoms with van der Waals surface area (Å²) >= 11 is 0. The van der Waals surface area contributed by atoms with Gasteiger partial charge in [0, 0.05) is 42.2 Å². The summed E-state index contributed by atoms with van der Waals surface area (Å²) in [6, 6.07) is 17.6. The highest BCUT2D eigenvalue weighted by Gasteiger charge is 2.24. The Bertz CT molecular complexity index is 1420. The maximum Gasteiger partial charge on any atom is 0.419 e. The Kier molecular flexibility index (Phi) is 5.63. The first-order chi connectivity index (χ1) is 16.5. The number of aryl methyl sites for hydroxylation is 1. The molecule has 3 aromatic carbocycles. The van der Waals surface area contributed by atoms with Gasteiger partial charge in [-0.05, 0) is 36.1 Å². The number of ether oxygens (including phenoxy) is 1. The number of rotatable bonds is 3. The first kappa shape index (κ1) is 21.5. The summed E-state index contributed by atoms with van der Waals surface area (Å²) in [7, 11) is 0. The Morgan fingerprint density at radius 3 is 2.76 bits per heavy atom. The highest BCUT2D eigenvalue weighted by atomic mass is 19.1. The van der Waals surface area contributed by atoms with E-state index in [1.54, 1.807) is 36.2 Å². The molecule has 0 aliphatic carbocycles. The number of aromatic nitrogens is 2. The van der Waals surface area contributed by atoms with Crippen LogP contribution in [0.15, 0.2) is 66.9 Å². The highest BCUT2D eigenvalue weighted by Crippen LogP contribution is 2.26. The summed E-state index contributed by atoms with van der Waals surface area (Å²) in [5.74, 6) is -0.0808. The first-order valence-electron chi connectivity index (χ1n) is 10.8. The minimum atomic E-state index is -0.690. The molecule has 2 amide bonds. The summed E-state index contributed by atoms with van der Waals surface area (Å²) in [4.78, 5) is 35.5. The van der Waals surface area contributed by atoms with Gasteiger partial charge in [0.2, 0.25) is 5.95 Å². The van der Waals surface area contributed by atoms with E-state index in [-0.39, 0.29) is 11.9 Å². The molecule has 0 bridgehead atoms. The van der Waals surface area contributed by atoms with Crippen LogP contribution in [0.2, 0.25) is 0 Å². The third kappa shape index (κ3) is 4.30. The fraction of sp³-hybridized carbons (Fsp3) is 0.154. The zero-order valence-electron chi connectivity index (χ0n) is 18.4. The van der Waals surface area contributed by atoms with Crippen molar-refractivity contribution in [3.63, 3.8) is 0 Å². The maximum absolute atomic E-state index is 13.9. The second kappa shape index (κ2) is 8.90. The van der Waals surface area contributed by atoms with Crippen LogP contribution in [0, 0.1) is 12.7 Å². The summed E-state index contributed by atoms with van der Waals surface area (Å²) in [5.41, 5.74) is 2.32. The largest absolute Gasteiger partial charge is 0.419 e. The van der Waals surface area contributed by atoms with E-state index in [4.69, 9.17) is 4.74 Å². The van der Waals surface area contributed by atoms with Gasteiger partial charge in [0.05, 0.1) is 5.69 Å². The van der Waals surface area contributed by atoms with E-state index in [1.165, 1.54) is 6.07 Å². The Balaban J connectivity index is 1.26. The van der Waals surface area contributed by atoms with Gasteiger partial charge in [0.25, 0.3) is 5.91 Å². The van der Waals surface area contributed by atoms with Crippen LogP contribution in [-0.4, -0.2) is 33.4 Å². The molecule has 0 fully saturated rings. The van der Waals surface area contributed by atoms with E-state index < -0.39 is 11.9 Å². The predicted molar refractivity (Wildman–Crippen MR) is 125 cm³/mol. The number of halogens is 1. The van der Waals surface area contributed by atoms with Crippen molar-refractivity contribution in [2.75, 3.05) is 11.9 Å². The van der Waals surface area contributed by atoms with Gasteiger partial charge in [-0.2, -0.15) is 0 Å². The Morgan fingerprint density at radius 2 is 1.91 bits per heavy atom. The van der Waals surface area contributed by atoms with Crippen molar-refractivity contribution in [2.45, 2.75) is 19.9 Å². The molecule has 170 valence electrons. The molecule has 1 aromatic heterocycles. The van der Waals surface area contributed by atoms with Crippen LogP contribution in [0.3, 0.4) is 0 Å². The van der Waals surface area contributed by atoms with Crippen LogP contribution >= 0.6 is 0 Å². The van der Waals surface area contributed by atoms with E-state index in [2.05, 4.69) is 15.3 Å². The lowest BCUT2D eigenvalue weighted by Gasteiger charge is -2.28. The lowest BCUT2D eigenvalue weighted by Crippen LogP contribution is -2.36. The minimum Gasteiger partial charge on any atom is -0.409 e. The lowest BCUT2D eigenvalue weighted by atomic mass is 10.1. The SMILES string of the molecule is Cc1ccc(C(=O)N2CCc3nc(NC(=O)Oc4cccc5ccccc45)ncc3C2)cc1F. The summed E-state index contributed by atoms with van der Waals surface area (Å²) in [6.07, 6.45) is 1.39. The molecule has 2 heterocycles. The van der Waals surface area contributed by atoms with Gasteiger partial charge in [-0.1, -0.05) is 42.5 Å². The number of nitrogens with one attached hydrogen (secondary N) is 1. The fourth-order valence-electron chi connectivity index (χ4n) is 3.96. The molecule has 34 heavy (non-hydrogen) atoms. The van der Waals surface area contributed by atoms with Crippen molar-refractivity contribution in [1.29, 1.82) is 0 Å². The molecule has 1 N–H and O–H groups in total. The summed E-state index contributed by atoms with van der Waals surface area (Å²) in [5, 5.41) is 4.36. The predicted octanol–water partition coefficient (Wildman–Crippen LogP) is 4.89. The van der Waals surface area contributed by atoms with Gasteiger partial charge in [0.1, 0.15) is 11.6 Å². The number of amides is 2. The number of carbonyl (C=O) groups excluding carboxylic acids is 2. The van der Waals surface area contributed by atoms with Crippen molar-refractivity contribution in [3.05, 3.63) is 95.1 Å². The van der Waals surface area contributed by atoms with Crippen LogP contribution in [-0.2, 0) is 13.0 Å². The minimum absolute atomic E-state index is 0.129. The number of benzene rings is 3. The average Bonchev–Trinajstić information content (AvgIpc) is 2.85. The summed E-state index contributed by atoms with van der Waals surface area (Å²) < 4.78 is 19.4. The van der Waals surface area contributed by atoms with Crippen LogP contribution in [0.25, 0.3) is 10.8 Å². The standard InChI is InChI=1S/C26H21FN4O3/c1-16-9-10-18(13-21(16)27)24(32)31-12-11-22-19(15-31)14-28-25(29-22)30-26(33)34-23-8-4-6-17-5-2-3-7-20(17)23/h2-10,13-14H,11-12,15H2,1H3,(H,28,29,30,33). The fourth-order valence-corrected chi connectivity index (χ4v) is 3.96. The van der Waals surface area contributed by atoms with Crippen molar-refractivity contribution in [2.24, 2.45) is 0 Å². The third-order valence-electron chi connectivity index (χ3n) is 5.81. The van der Waals surface area contributed by atoms with Crippen molar-refractivity contribution in [3.8, 4) is 5.75 Å². The highest BCUT2D eigenvalue weighted by molar-refractivity contribution is 5.94. The Hall–Kier alpha value is -4.33. The molecule has 1 aliphatic heterocycles. The topological polar surface area (TPSA) is 84.4 Å². The maximum atomic E-state index is 13.9. The number of anilines is 1. The molecule has 0 saturated carbocycles. The van der Waals surface area contributed by atoms with Gasteiger partial charge < -0.3 is 9.64 Å². The zero-order chi connectivity index (χ0) is 23.7. The van der Waals surface area contributed by atoms with Crippen LogP contribution in [0.5, 0.6) is 5.75 Å². The Morgan fingerprint density at radius 1 is 1.09 bits per heavy atom. The first-order valence-corrected chi connectivity index (χ1v) is 10.8. The lowest BCUT2D eigenvalue weighted by molar-refractivity contribution is 0.0733. The van der Waals surface area contributed by atoms with Crippen molar-refractivity contribution >= 4 is 28.7 Å². The van der Waals surface area contributed by atoms with Gasteiger partial charge >= 0.3 is 6.09 Å². The van der Waals surface area contributed by atoms with Gasteiger partial charge in [-0.3, -0.25) is 10.1 Å². The second-order valence-electron chi connectivity index (χ2n) is 8.10. The molecular weight excluding hydrogens is 435 g/mol. The summed E-state index contributed by atoms with van der Waals surface area (Å²) in [6.45, 7) is 2.39. The molecule has 0 radical (unpaired) electrons. The molecule has 0 spiro atoms.